The normalized spacial score (nSPS) is 11.8. The molecule has 0 bridgehead atoms. The van der Waals surface area contributed by atoms with Gasteiger partial charge in [-0.2, -0.15) is 0 Å². The molecule has 0 radical (unpaired) electrons. The molecule has 0 fully saturated rings. The Labute approximate surface area is 146 Å². The number of carbonyl (C=O) groups excluding carboxylic acids is 1. The second kappa shape index (κ2) is 8.85. The summed E-state index contributed by atoms with van der Waals surface area (Å²) in [5, 5.41) is 3.29. The zero-order valence-electron chi connectivity index (χ0n) is 13.2. The Kier molecular flexibility index (Phi) is 6.81. The molecule has 1 amide bonds. The van der Waals surface area contributed by atoms with Gasteiger partial charge in [-0.1, -0.05) is 41.4 Å². The van der Waals surface area contributed by atoms with Crippen molar-refractivity contribution in [3.05, 3.63) is 59.1 Å². The van der Waals surface area contributed by atoms with Gasteiger partial charge in [-0.25, -0.2) is 0 Å². The van der Waals surface area contributed by atoms with Gasteiger partial charge in [0, 0.05) is 4.90 Å². The van der Waals surface area contributed by atoms with Crippen molar-refractivity contribution in [1.82, 2.24) is 5.32 Å². The summed E-state index contributed by atoms with van der Waals surface area (Å²) >= 11 is 7.55. The molecular weight excluding hydrogens is 330 g/mol. The van der Waals surface area contributed by atoms with Crippen molar-refractivity contribution in [2.24, 2.45) is 0 Å². The molecular formula is C18H20ClNO2S. The summed E-state index contributed by atoms with van der Waals surface area (Å²) in [4.78, 5) is 13.2. The number of rotatable bonds is 7. The number of ether oxygens (including phenoxy) is 1. The lowest BCUT2D eigenvalue weighted by molar-refractivity contribution is -0.120. The van der Waals surface area contributed by atoms with Gasteiger partial charge in [-0.15, -0.1) is 11.8 Å². The standard InChI is InChI=1S/C18H20ClNO2S/c1-13-7-9-15(10-8-13)23-14(2)18(21)20-11-12-22-17-6-4-3-5-16(17)19/h3-10,14H,11-12H2,1-2H3,(H,20,21)/t14-/m1/s1. The lowest BCUT2D eigenvalue weighted by atomic mass is 10.2. The fourth-order valence-electron chi connectivity index (χ4n) is 1.92. The maximum Gasteiger partial charge on any atom is 0.233 e. The van der Waals surface area contributed by atoms with Crippen LogP contribution in [-0.4, -0.2) is 24.3 Å². The molecule has 0 spiro atoms. The van der Waals surface area contributed by atoms with Gasteiger partial charge < -0.3 is 10.1 Å². The van der Waals surface area contributed by atoms with E-state index in [1.807, 2.05) is 50.2 Å². The molecule has 0 saturated heterocycles. The maximum atomic E-state index is 12.1. The summed E-state index contributed by atoms with van der Waals surface area (Å²) in [6.45, 7) is 4.78. The molecule has 0 aromatic heterocycles. The lowest BCUT2D eigenvalue weighted by Gasteiger charge is -2.13. The van der Waals surface area contributed by atoms with Gasteiger partial charge in [0.25, 0.3) is 0 Å². The monoisotopic (exact) mass is 349 g/mol. The van der Waals surface area contributed by atoms with Crippen LogP contribution < -0.4 is 10.1 Å². The molecule has 0 saturated carbocycles. The third-order valence-corrected chi connectivity index (χ3v) is 4.62. The second-order valence-corrected chi connectivity index (χ2v) is 6.96. The van der Waals surface area contributed by atoms with Gasteiger partial charge in [0.15, 0.2) is 0 Å². The van der Waals surface area contributed by atoms with Crippen LogP contribution in [0.15, 0.2) is 53.4 Å². The number of carbonyl (C=O) groups is 1. The van der Waals surface area contributed by atoms with E-state index >= 15 is 0 Å². The minimum absolute atomic E-state index is 0.00154. The molecule has 1 atom stereocenters. The van der Waals surface area contributed by atoms with Gasteiger partial charge in [0.2, 0.25) is 5.91 Å². The van der Waals surface area contributed by atoms with Crippen molar-refractivity contribution < 1.29 is 9.53 Å². The highest BCUT2D eigenvalue weighted by molar-refractivity contribution is 8.00. The third-order valence-electron chi connectivity index (χ3n) is 3.20. The van der Waals surface area contributed by atoms with Crippen molar-refractivity contribution in [3.8, 4) is 5.75 Å². The maximum absolute atomic E-state index is 12.1. The van der Waals surface area contributed by atoms with E-state index in [4.69, 9.17) is 16.3 Å². The SMILES string of the molecule is Cc1ccc(S[C@H](C)C(=O)NCCOc2ccccc2Cl)cc1. The van der Waals surface area contributed by atoms with Crippen LogP contribution in [0.5, 0.6) is 5.75 Å². The van der Waals surface area contributed by atoms with Gasteiger partial charge >= 0.3 is 0 Å². The number of amides is 1. The predicted molar refractivity (Wildman–Crippen MR) is 96.5 cm³/mol. The minimum atomic E-state index is -0.155. The Morgan fingerprint density at radius 3 is 2.61 bits per heavy atom. The van der Waals surface area contributed by atoms with Crippen molar-refractivity contribution in [1.29, 1.82) is 0 Å². The Bertz CT molecular complexity index is 646. The van der Waals surface area contributed by atoms with E-state index in [0.717, 1.165) is 4.90 Å². The Hall–Kier alpha value is -1.65. The summed E-state index contributed by atoms with van der Waals surface area (Å²) in [5.74, 6) is 0.629. The first-order valence-electron chi connectivity index (χ1n) is 7.44. The first kappa shape index (κ1) is 17.7. The summed E-state index contributed by atoms with van der Waals surface area (Å²) in [6.07, 6.45) is 0. The van der Waals surface area contributed by atoms with Crippen LogP contribution >= 0.6 is 23.4 Å². The van der Waals surface area contributed by atoms with Crippen molar-refractivity contribution in [3.63, 3.8) is 0 Å². The number of para-hydroxylation sites is 1. The largest absolute Gasteiger partial charge is 0.490 e. The van der Waals surface area contributed by atoms with Gasteiger partial charge in [-0.3, -0.25) is 4.79 Å². The molecule has 5 heteroatoms. The first-order chi connectivity index (χ1) is 11.1. The summed E-state index contributed by atoms with van der Waals surface area (Å²) in [5.41, 5.74) is 1.21. The topological polar surface area (TPSA) is 38.3 Å². The van der Waals surface area contributed by atoms with Crippen molar-refractivity contribution in [2.75, 3.05) is 13.2 Å². The molecule has 0 unspecified atom stereocenters. The molecule has 0 heterocycles. The fourth-order valence-corrected chi connectivity index (χ4v) is 3.00. The lowest BCUT2D eigenvalue weighted by Crippen LogP contribution is -2.33. The van der Waals surface area contributed by atoms with Crippen LogP contribution in [0.2, 0.25) is 5.02 Å². The number of benzene rings is 2. The molecule has 2 aromatic rings. The van der Waals surface area contributed by atoms with E-state index in [-0.39, 0.29) is 11.2 Å². The molecule has 0 aliphatic heterocycles. The van der Waals surface area contributed by atoms with E-state index in [2.05, 4.69) is 5.32 Å². The number of halogens is 1. The first-order valence-corrected chi connectivity index (χ1v) is 8.70. The number of nitrogens with one attached hydrogen (secondary N) is 1. The summed E-state index contributed by atoms with van der Waals surface area (Å²) in [6, 6.07) is 15.4. The number of hydrogen-bond donors (Lipinski definition) is 1. The Morgan fingerprint density at radius 1 is 1.22 bits per heavy atom. The molecule has 23 heavy (non-hydrogen) atoms. The fraction of sp³-hybridized carbons (Fsp3) is 0.278. The van der Waals surface area contributed by atoms with Crippen LogP contribution in [0.1, 0.15) is 12.5 Å². The van der Waals surface area contributed by atoms with Gasteiger partial charge in [0.05, 0.1) is 16.8 Å². The predicted octanol–water partition coefficient (Wildman–Crippen LogP) is 4.32. The minimum Gasteiger partial charge on any atom is -0.490 e. The van der Waals surface area contributed by atoms with Crippen molar-refractivity contribution in [2.45, 2.75) is 24.0 Å². The summed E-state index contributed by atoms with van der Waals surface area (Å²) in [7, 11) is 0. The van der Waals surface area contributed by atoms with Crippen LogP contribution in [-0.2, 0) is 4.79 Å². The smallest absolute Gasteiger partial charge is 0.233 e. The average molecular weight is 350 g/mol. The molecule has 0 aliphatic rings. The van der Waals surface area contributed by atoms with Crippen LogP contribution in [0, 0.1) is 6.92 Å². The highest BCUT2D eigenvalue weighted by Crippen LogP contribution is 2.24. The number of hydrogen-bond acceptors (Lipinski definition) is 3. The van der Waals surface area contributed by atoms with Crippen LogP contribution in [0.4, 0.5) is 0 Å². The number of thioether (sulfide) groups is 1. The van der Waals surface area contributed by atoms with Crippen molar-refractivity contribution >= 4 is 29.3 Å². The van der Waals surface area contributed by atoms with Gasteiger partial charge in [-0.05, 0) is 38.1 Å². The second-order valence-electron chi connectivity index (χ2n) is 5.14. The third kappa shape index (κ3) is 5.81. The quantitative estimate of drug-likeness (QED) is 0.597. The number of aryl methyl sites for hydroxylation is 1. The van der Waals surface area contributed by atoms with Crippen LogP contribution in [0.25, 0.3) is 0 Å². The molecule has 3 nitrogen and oxygen atoms in total. The van der Waals surface area contributed by atoms with E-state index in [0.29, 0.717) is 23.9 Å². The average Bonchev–Trinajstić information content (AvgIpc) is 2.55. The van der Waals surface area contributed by atoms with Crippen LogP contribution in [0.3, 0.4) is 0 Å². The van der Waals surface area contributed by atoms with E-state index in [9.17, 15) is 4.79 Å². The van der Waals surface area contributed by atoms with E-state index in [1.54, 1.807) is 23.9 Å². The molecule has 1 N–H and O–H groups in total. The highest BCUT2D eigenvalue weighted by Gasteiger charge is 2.13. The molecule has 2 aromatic carbocycles. The Balaban J connectivity index is 1.72. The highest BCUT2D eigenvalue weighted by atomic mass is 35.5. The molecule has 0 aliphatic carbocycles. The molecule has 2 rings (SSSR count). The Morgan fingerprint density at radius 2 is 1.91 bits per heavy atom. The van der Waals surface area contributed by atoms with E-state index < -0.39 is 0 Å². The van der Waals surface area contributed by atoms with Gasteiger partial charge in [0.1, 0.15) is 12.4 Å². The zero-order chi connectivity index (χ0) is 16.7. The molecule has 122 valence electrons. The summed E-state index contributed by atoms with van der Waals surface area (Å²) < 4.78 is 5.54. The zero-order valence-corrected chi connectivity index (χ0v) is 14.8. The van der Waals surface area contributed by atoms with E-state index in [1.165, 1.54) is 5.56 Å².